The predicted molar refractivity (Wildman–Crippen MR) is 123 cm³/mol. The summed E-state index contributed by atoms with van der Waals surface area (Å²) in [6, 6.07) is 12.6. The van der Waals surface area contributed by atoms with E-state index in [1.54, 1.807) is 18.3 Å². The summed E-state index contributed by atoms with van der Waals surface area (Å²) in [6.07, 6.45) is 3.66. The molecule has 0 atom stereocenters. The Morgan fingerprint density at radius 3 is 2.53 bits per heavy atom. The molecule has 32 heavy (non-hydrogen) atoms. The van der Waals surface area contributed by atoms with Crippen LogP contribution >= 0.6 is 12.2 Å². The number of hydrogen-bond acceptors (Lipinski definition) is 5. The lowest BCUT2D eigenvalue weighted by Crippen LogP contribution is -2.49. The maximum atomic E-state index is 13.1. The largest absolute Gasteiger partial charge is 0.454 e. The molecule has 0 amide bonds. The molecule has 1 saturated heterocycles. The average Bonchev–Trinajstić information content (AvgIpc) is 3.45. The quantitative estimate of drug-likeness (QED) is 0.595. The second kappa shape index (κ2) is 9.13. The lowest BCUT2D eigenvalue weighted by Gasteiger charge is -2.36. The van der Waals surface area contributed by atoms with Crippen molar-refractivity contribution in [2.24, 2.45) is 0 Å². The number of thiocarbonyl (C=S) groups is 1. The van der Waals surface area contributed by atoms with E-state index in [9.17, 15) is 4.39 Å². The molecule has 2 aromatic carbocycles. The number of piperazine rings is 1. The lowest BCUT2D eigenvalue weighted by atomic mass is 10.1. The number of aromatic nitrogens is 2. The van der Waals surface area contributed by atoms with E-state index in [1.165, 1.54) is 17.7 Å². The monoisotopic (exact) mass is 453 g/mol. The van der Waals surface area contributed by atoms with Gasteiger partial charge >= 0.3 is 0 Å². The first kappa shape index (κ1) is 20.7. The molecule has 0 spiro atoms. The number of benzene rings is 2. The van der Waals surface area contributed by atoms with Crippen molar-refractivity contribution in [3.05, 3.63) is 71.8 Å². The minimum Gasteiger partial charge on any atom is -0.454 e. The SMILES string of the molecule is Fc1ccc(Cn2cc(NC(=S)N3CCN(Cc4ccc5c(c4)OCO5)CC3)cn2)cc1. The number of ether oxygens (including phenoxy) is 2. The zero-order chi connectivity index (χ0) is 21.9. The number of fused-ring (bicyclic) bond motifs is 1. The Kier molecular flexibility index (Phi) is 5.91. The zero-order valence-electron chi connectivity index (χ0n) is 17.5. The van der Waals surface area contributed by atoms with E-state index in [0.29, 0.717) is 18.5 Å². The van der Waals surface area contributed by atoms with Crippen molar-refractivity contribution >= 4 is 23.0 Å². The normalized spacial score (nSPS) is 15.7. The highest BCUT2D eigenvalue weighted by atomic mass is 32.1. The Bertz CT molecular complexity index is 1100. The van der Waals surface area contributed by atoms with Crippen molar-refractivity contribution in [3.8, 4) is 11.5 Å². The van der Waals surface area contributed by atoms with Crippen molar-refractivity contribution in [3.63, 3.8) is 0 Å². The number of rotatable bonds is 5. The van der Waals surface area contributed by atoms with Crippen molar-refractivity contribution in [1.29, 1.82) is 0 Å². The molecule has 3 aromatic rings. The van der Waals surface area contributed by atoms with E-state index >= 15 is 0 Å². The number of halogens is 1. The van der Waals surface area contributed by atoms with E-state index in [-0.39, 0.29) is 5.82 Å². The molecule has 2 aliphatic heterocycles. The van der Waals surface area contributed by atoms with Crippen LogP contribution in [0.2, 0.25) is 0 Å². The Hall–Kier alpha value is -3.17. The Labute approximate surface area is 191 Å². The van der Waals surface area contributed by atoms with Gasteiger partial charge in [0.05, 0.1) is 18.4 Å². The van der Waals surface area contributed by atoms with Gasteiger partial charge < -0.3 is 19.7 Å². The molecule has 0 radical (unpaired) electrons. The van der Waals surface area contributed by atoms with Crippen LogP contribution < -0.4 is 14.8 Å². The summed E-state index contributed by atoms with van der Waals surface area (Å²) < 4.78 is 25.7. The molecule has 166 valence electrons. The number of hydrogen-bond donors (Lipinski definition) is 1. The highest BCUT2D eigenvalue weighted by molar-refractivity contribution is 7.80. The summed E-state index contributed by atoms with van der Waals surface area (Å²) in [6.45, 7) is 5.33. The lowest BCUT2D eigenvalue weighted by molar-refractivity contribution is 0.173. The minimum atomic E-state index is -0.238. The summed E-state index contributed by atoms with van der Waals surface area (Å²) in [5, 5.41) is 8.36. The first-order valence-electron chi connectivity index (χ1n) is 10.6. The van der Waals surface area contributed by atoms with Crippen molar-refractivity contribution in [2.45, 2.75) is 13.1 Å². The van der Waals surface area contributed by atoms with Gasteiger partial charge in [-0.05, 0) is 47.6 Å². The maximum Gasteiger partial charge on any atom is 0.231 e. The maximum absolute atomic E-state index is 13.1. The molecule has 9 heteroatoms. The molecule has 0 unspecified atom stereocenters. The van der Waals surface area contributed by atoms with Gasteiger partial charge in [0.2, 0.25) is 6.79 Å². The molecule has 0 aliphatic carbocycles. The molecule has 7 nitrogen and oxygen atoms in total. The van der Waals surface area contributed by atoms with Gasteiger partial charge in [0.15, 0.2) is 16.6 Å². The van der Waals surface area contributed by atoms with E-state index in [2.05, 4.69) is 32.3 Å². The van der Waals surface area contributed by atoms with Gasteiger partial charge in [-0.2, -0.15) is 5.10 Å². The minimum absolute atomic E-state index is 0.238. The average molecular weight is 454 g/mol. The van der Waals surface area contributed by atoms with Crippen molar-refractivity contribution < 1.29 is 13.9 Å². The van der Waals surface area contributed by atoms with Crippen molar-refractivity contribution in [1.82, 2.24) is 19.6 Å². The third-order valence-electron chi connectivity index (χ3n) is 5.65. The third-order valence-corrected chi connectivity index (χ3v) is 6.01. The van der Waals surface area contributed by atoms with Crippen LogP contribution in [-0.2, 0) is 13.1 Å². The van der Waals surface area contributed by atoms with Gasteiger partial charge in [0.1, 0.15) is 5.82 Å². The third kappa shape index (κ3) is 4.84. The summed E-state index contributed by atoms with van der Waals surface area (Å²) in [4.78, 5) is 4.60. The van der Waals surface area contributed by atoms with Gasteiger partial charge in [0.25, 0.3) is 0 Å². The second-order valence-corrected chi connectivity index (χ2v) is 8.32. The molecule has 2 aliphatic rings. The molecule has 5 rings (SSSR count). The van der Waals surface area contributed by atoms with Crippen LogP contribution in [0.15, 0.2) is 54.9 Å². The molecule has 3 heterocycles. The zero-order valence-corrected chi connectivity index (χ0v) is 18.4. The smallest absolute Gasteiger partial charge is 0.231 e. The Morgan fingerprint density at radius 2 is 1.72 bits per heavy atom. The van der Waals surface area contributed by atoms with E-state index < -0.39 is 0 Å². The van der Waals surface area contributed by atoms with Gasteiger partial charge in [-0.3, -0.25) is 9.58 Å². The van der Waals surface area contributed by atoms with Gasteiger partial charge in [-0.1, -0.05) is 18.2 Å². The number of nitrogens with one attached hydrogen (secondary N) is 1. The van der Waals surface area contributed by atoms with Gasteiger partial charge in [-0.25, -0.2) is 4.39 Å². The Morgan fingerprint density at radius 1 is 0.969 bits per heavy atom. The first-order valence-corrected chi connectivity index (χ1v) is 11.0. The van der Waals surface area contributed by atoms with Crippen LogP contribution in [0, 0.1) is 5.82 Å². The fourth-order valence-corrected chi connectivity index (χ4v) is 4.20. The summed E-state index contributed by atoms with van der Waals surface area (Å²) >= 11 is 5.62. The second-order valence-electron chi connectivity index (χ2n) is 7.93. The van der Waals surface area contributed by atoms with Crippen LogP contribution in [0.4, 0.5) is 10.1 Å². The summed E-state index contributed by atoms with van der Waals surface area (Å²) in [7, 11) is 0. The van der Waals surface area contributed by atoms with Gasteiger partial charge in [-0.15, -0.1) is 0 Å². The molecular weight excluding hydrogens is 429 g/mol. The van der Waals surface area contributed by atoms with E-state index in [0.717, 1.165) is 55.5 Å². The molecule has 1 aromatic heterocycles. The molecule has 1 fully saturated rings. The molecular formula is C23H24FN5O2S. The van der Waals surface area contributed by atoms with Crippen molar-refractivity contribution in [2.75, 3.05) is 38.3 Å². The highest BCUT2D eigenvalue weighted by Crippen LogP contribution is 2.32. The van der Waals surface area contributed by atoms with Crippen LogP contribution in [0.3, 0.4) is 0 Å². The predicted octanol–water partition coefficient (Wildman–Crippen LogP) is 3.31. The summed E-state index contributed by atoms with van der Waals surface area (Å²) in [5.74, 6) is 1.40. The molecule has 0 saturated carbocycles. The van der Waals surface area contributed by atoms with Crippen LogP contribution in [0.5, 0.6) is 11.5 Å². The molecule has 0 bridgehead atoms. The van der Waals surface area contributed by atoms with E-state index in [1.807, 2.05) is 16.9 Å². The van der Waals surface area contributed by atoms with Gasteiger partial charge in [0, 0.05) is 38.9 Å². The number of anilines is 1. The first-order chi connectivity index (χ1) is 15.6. The van der Waals surface area contributed by atoms with E-state index in [4.69, 9.17) is 21.7 Å². The van der Waals surface area contributed by atoms with Crippen LogP contribution in [0.1, 0.15) is 11.1 Å². The highest BCUT2D eigenvalue weighted by Gasteiger charge is 2.20. The number of nitrogens with zero attached hydrogens (tertiary/aromatic N) is 4. The topological polar surface area (TPSA) is 54.8 Å². The fraction of sp³-hybridized carbons (Fsp3) is 0.304. The standard InChI is InChI=1S/C23H24FN5O2S/c24-19-4-1-17(2-5-19)14-29-15-20(12-25-29)26-23(32)28-9-7-27(8-10-28)13-18-3-6-21-22(11-18)31-16-30-21/h1-6,11-12,15H,7-10,13-14,16H2,(H,26,32). The summed E-state index contributed by atoms with van der Waals surface area (Å²) in [5.41, 5.74) is 3.05. The fourth-order valence-electron chi connectivity index (χ4n) is 3.90. The van der Waals surface area contributed by atoms with Crippen LogP contribution in [0.25, 0.3) is 0 Å². The van der Waals surface area contributed by atoms with Crippen LogP contribution in [-0.4, -0.2) is 57.7 Å². The Balaban J connectivity index is 1.10. The molecule has 1 N–H and O–H groups in total.